The molecule has 0 saturated carbocycles. The van der Waals surface area contributed by atoms with Gasteiger partial charge in [-0.3, -0.25) is 0 Å². The van der Waals surface area contributed by atoms with Gasteiger partial charge in [0.1, 0.15) is 0 Å². The van der Waals surface area contributed by atoms with Gasteiger partial charge in [-0.05, 0) is 36.1 Å². The van der Waals surface area contributed by atoms with E-state index in [4.69, 9.17) is 11.6 Å². The molecule has 0 saturated heterocycles. The second kappa shape index (κ2) is 5.34. The van der Waals surface area contributed by atoms with E-state index in [2.05, 4.69) is 0 Å². The molecule has 0 aliphatic rings. The molecule has 1 aromatic carbocycles. The van der Waals surface area contributed by atoms with E-state index in [-0.39, 0.29) is 5.92 Å². The molecule has 1 nitrogen and oxygen atoms in total. The molecule has 82 valence electrons. The van der Waals surface area contributed by atoms with E-state index >= 15 is 0 Å². The van der Waals surface area contributed by atoms with Crippen LogP contribution in [0, 0.1) is 5.92 Å². The van der Waals surface area contributed by atoms with Gasteiger partial charge in [0.15, 0.2) is 0 Å². The molecule has 0 fully saturated rings. The van der Waals surface area contributed by atoms with Crippen molar-refractivity contribution in [1.82, 2.24) is 0 Å². The highest BCUT2D eigenvalue weighted by molar-refractivity contribution is 6.30. The predicted octanol–water partition coefficient (Wildman–Crippen LogP) is 3.76. The minimum Gasteiger partial charge on any atom is -0.388 e. The van der Waals surface area contributed by atoms with Crippen LogP contribution >= 0.6 is 11.6 Å². The smallest absolute Gasteiger partial charge is 0.0815 e. The summed E-state index contributed by atoms with van der Waals surface area (Å²) >= 11 is 5.82. The molecule has 1 aromatic rings. The molecule has 0 aromatic heterocycles. The largest absolute Gasteiger partial charge is 0.388 e. The Kier molecular flexibility index (Phi) is 4.37. The van der Waals surface area contributed by atoms with Gasteiger partial charge in [-0.1, -0.05) is 43.7 Å². The van der Waals surface area contributed by atoms with Crippen molar-refractivity contribution in [3.05, 3.63) is 40.9 Å². The molecule has 0 aliphatic carbocycles. The van der Waals surface area contributed by atoms with Crippen LogP contribution < -0.4 is 0 Å². The molecule has 1 rings (SSSR count). The van der Waals surface area contributed by atoms with Crippen molar-refractivity contribution in [1.29, 1.82) is 0 Å². The fourth-order valence-electron chi connectivity index (χ4n) is 1.51. The maximum Gasteiger partial charge on any atom is 0.0815 e. The molecular weight excluding hydrogens is 208 g/mol. The Morgan fingerprint density at radius 1 is 1.27 bits per heavy atom. The third kappa shape index (κ3) is 3.08. The van der Waals surface area contributed by atoms with Crippen LogP contribution in [0.2, 0.25) is 5.02 Å². The van der Waals surface area contributed by atoms with Crippen molar-refractivity contribution in [2.24, 2.45) is 5.92 Å². The van der Waals surface area contributed by atoms with Gasteiger partial charge < -0.3 is 5.11 Å². The lowest BCUT2D eigenvalue weighted by atomic mass is 9.93. The first-order valence-electron chi connectivity index (χ1n) is 5.16. The van der Waals surface area contributed by atoms with E-state index in [9.17, 15) is 5.11 Å². The van der Waals surface area contributed by atoms with E-state index in [1.165, 1.54) is 0 Å². The number of rotatable bonds is 3. The molecular formula is C13H17ClO. The zero-order valence-electron chi connectivity index (χ0n) is 9.37. The normalized spacial score (nSPS) is 14.4. The average Bonchev–Trinajstić information content (AvgIpc) is 2.21. The molecule has 1 atom stereocenters. The van der Waals surface area contributed by atoms with Crippen LogP contribution in [0.5, 0.6) is 0 Å². The lowest BCUT2D eigenvalue weighted by Crippen LogP contribution is -2.16. The number of hydrogen-bond donors (Lipinski definition) is 1. The molecule has 0 spiro atoms. The van der Waals surface area contributed by atoms with Crippen LogP contribution in [0.15, 0.2) is 30.3 Å². The third-order valence-electron chi connectivity index (χ3n) is 2.44. The number of aliphatic hydroxyl groups excluding tert-OH is 1. The summed E-state index contributed by atoms with van der Waals surface area (Å²) < 4.78 is 0. The molecule has 15 heavy (non-hydrogen) atoms. The highest BCUT2D eigenvalue weighted by Crippen LogP contribution is 2.24. The number of aliphatic hydroxyl groups is 1. The first-order valence-corrected chi connectivity index (χ1v) is 5.54. The quantitative estimate of drug-likeness (QED) is 0.829. The Bertz CT molecular complexity index is 338. The lowest BCUT2D eigenvalue weighted by molar-refractivity contribution is 0.181. The summed E-state index contributed by atoms with van der Waals surface area (Å²) in [6.07, 6.45) is 1.53. The van der Waals surface area contributed by atoms with Gasteiger partial charge in [-0.15, -0.1) is 0 Å². The van der Waals surface area contributed by atoms with Crippen molar-refractivity contribution in [3.63, 3.8) is 0 Å². The van der Waals surface area contributed by atoms with Gasteiger partial charge in [0, 0.05) is 5.02 Å². The Morgan fingerprint density at radius 2 is 1.80 bits per heavy atom. The Balaban J connectivity index is 2.99. The molecule has 0 bridgehead atoms. The van der Waals surface area contributed by atoms with Crippen LogP contribution in [0.25, 0.3) is 5.57 Å². The molecule has 0 heterocycles. The topological polar surface area (TPSA) is 20.2 Å². The van der Waals surface area contributed by atoms with Crippen molar-refractivity contribution in [2.75, 3.05) is 0 Å². The van der Waals surface area contributed by atoms with Crippen LogP contribution in [0.4, 0.5) is 0 Å². The van der Waals surface area contributed by atoms with Crippen molar-refractivity contribution in [3.8, 4) is 0 Å². The second-order valence-corrected chi connectivity index (χ2v) is 4.38. The Labute approximate surface area is 96.4 Å². The summed E-state index contributed by atoms with van der Waals surface area (Å²) in [7, 11) is 0. The summed E-state index contributed by atoms with van der Waals surface area (Å²) in [5.41, 5.74) is 1.99. The SMILES string of the molecule is C/C=C(\c1ccc(Cl)cc1)[C@H](O)C(C)C. The van der Waals surface area contributed by atoms with E-state index in [1.54, 1.807) is 0 Å². The maximum absolute atomic E-state index is 10.0. The number of halogens is 1. The minimum atomic E-state index is -0.420. The summed E-state index contributed by atoms with van der Waals surface area (Å²) in [6.45, 7) is 5.95. The van der Waals surface area contributed by atoms with Gasteiger partial charge in [0.25, 0.3) is 0 Å². The fraction of sp³-hybridized carbons (Fsp3) is 0.385. The number of benzene rings is 1. The summed E-state index contributed by atoms with van der Waals surface area (Å²) in [6, 6.07) is 7.55. The maximum atomic E-state index is 10.0. The van der Waals surface area contributed by atoms with E-state index < -0.39 is 6.10 Å². The second-order valence-electron chi connectivity index (χ2n) is 3.94. The van der Waals surface area contributed by atoms with Crippen LogP contribution in [-0.2, 0) is 0 Å². The monoisotopic (exact) mass is 224 g/mol. The van der Waals surface area contributed by atoms with E-state index in [1.807, 2.05) is 51.1 Å². The summed E-state index contributed by atoms with van der Waals surface area (Å²) in [4.78, 5) is 0. The van der Waals surface area contributed by atoms with Crippen molar-refractivity contribution >= 4 is 17.2 Å². The summed E-state index contributed by atoms with van der Waals surface area (Å²) in [5.74, 6) is 0.215. The first kappa shape index (κ1) is 12.3. The number of allylic oxidation sites excluding steroid dienone is 1. The minimum absolute atomic E-state index is 0.215. The number of hydrogen-bond acceptors (Lipinski definition) is 1. The highest BCUT2D eigenvalue weighted by Gasteiger charge is 2.15. The van der Waals surface area contributed by atoms with Gasteiger partial charge in [0.05, 0.1) is 6.10 Å². The molecule has 0 amide bonds. The van der Waals surface area contributed by atoms with Gasteiger partial charge >= 0.3 is 0 Å². The summed E-state index contributed by atoms with van der Waals surface area (Å²) in [5, 5.41) is 10.7. The van der Waals surface area contributed by atoms with Crippen molar-refractivity contribution < 1.29 is 5.11 Å². The van der Waals surface area contributed by atoms with Gasteiger partial charge in [-0.2, -0.15) is 0 Å². The molecule has 0 aliphatic heterocycles. The van der Waals surface area contributed by atoms with E-state index in [0.717, 1.165) is 11.1 Å². The zero-order chi connectivity index (χ0) is 11.4. The average molecular weight is 225 g/mol. The lowest BCUT2D eigenvalue weighted by Gasteiger charge is -2.18. The predicted molar refractivity (Wildman–Crippen MR) is 65.9 cm³/mol. The van der Waals surface area contributed by atoms with Crippen LogP contribution in [0.3, 0.4) is 0 Å². The van der Waals surface area contributed by atoms with Gasteiger partial charge in [-0.25, -0.2) is 0 Å². The standard InChI is InChI=1S/C13H17ClO/c1-4-12(13(15)9(2)3)10-5-7-11(14)8-6-10/h4-9,13,15H,1-3H3/b12-4+/t13-/m1/s1. The Morgan fingerprint density at radius 3 is 2.20 bits per heavy atom. The van der Waals surface area contributed by atoms with Crippen LogP contribution in [0.1, 0.15) is 26.3 Å². The molecule has 1 N–H and O–H groups in total. The van der Waals surface area contributed by atoms with Gasteiger partial charge in [0.2, 0.25) is 0 Å². The van der Waals surface area contributed by atoms with Crippen LogP contribution in [-0.4, -0.2) is 11.2 Å². The van der Waals surface area contributed by atoms with E-state index in [0.29, 0.717) is 5.02 Å². The first-order chi connectivity index (χ1) is 7.06. The highest BCUT2D eigenvalue weighted by atomic mass is 35.5. The third-order valence-corrected chi connectivity index (χ3v) is 2.69. The molecule has 2 heteroatoms. The molecule has 0 unspecified atom stereocenters. The zero-order valence-corrected chi connectivity index (χ0v) is 10.1. The fourth-order valence-corrected chi connectivity index (χ4v) is 1.64. The Hall–Kier alpha value is -0.790. The molecule has 0 radical (unpaired) electrons. The van der Waals surface area contributed by atoms with Crippen molar-refractivity contribution in [2.45, 2.75) is 26.9 Å².